The van der Waals surface area contributed by atoms with Crippen LogP contribution in [0.1, 0.15) is 33.6 Å². The molecule has 106 valence electrons. The molecule has 1 aliphatic carbocycles. The molecule has 3 rings (SSSR count). The fourth-order valence-corrected chi connectivity index (χ4v) is 4.65. The standard InChI is InChI=1S/C14H21NO3S/c1-12(2)13(3)4-5-14(12,18-11(13)17)10(16)15-6-8-19-9-7-15/h4-9H2,1-3H3/t13-,14-/m1/s1. The summed E-state index contributed by atoms with van der Waals surface area (Å²) < 4.78 is 5.64. The molecule has 0 N–H and O–H groups in total. The number of rotatable bonds is 1. The summed E-state index contributed by atoms with van der Waals surface area (Å²) in [5, 5.41) is 0. The summed E-state index contributed by atoms with van der Waals surface area (Å²) in [6.45, 7) is 7.53. The molecule has 2 bridgehead atoms. The maximum atomic E-state index is 12.9. The molecule has 5 heteroatoms. The maximum Gasteiger partial charge on any atom is 0.313 e. The highest BCUT2D eigenvalue weighted by Gasteiger charge is 2.76. The predicted molar refractivity (Wildman–Crippen MR) is 73.9 cm³/mol. The Morgan fingerprint density at radius 1 is 1.21 bits per heavy atom. The van der Waals surface area contributed by atoms with Crippen LogP contribution in [0.3, 0.4) is 0 Å². The summed E-state index contributed by atoms with van der Waals surface area (Å²) in [7, 11) is 0. The first-order valence-corrected chi connectivity index (χ1v) is 8.11. The van der Waals surface area contributed by atoms with E-state index in [1.165, 1.54) is 0 Å². The second-order valence-electron chi connectivity index (χ2n) is 6.58. The van der Waals surface area contributed by atoms with Gasteiger partial charge in [-0.2, -0.15) is 11.8 Å². The monoisotopic (exact) mass is 283 g/mol. The largest absolute Gasteiger partial charge is 0.448 e. The number of amides is 1. The highest BCUT2D eigenvalue weighted by molar-refractivity contribution is 7.99. The van der Waals surface area contributed by atoms with Crippen LogP contribution in [0.25, 0.3) is 0 Å². The van der Waals surface area contributed by atoms with E-state index in [1.54, 1.807) is 0 Å². The van der Waals surface area contributed by atoms with Crippen molar-refractivity contribution < 1.29 is 14.3 Å². The van der Waals surface area contributed by atoms with Gasteiger partial charge in [-0.15, -0.1) is 0 Å². The Bertz CT molecular complexity index is 444. The number of carbonyl (C=O) groups excluding carboxylic acids is 2. The van der Waals surface area contributed by atoms with E-state index in [1.807, 2.05) is 37.4 Å². The molecule has 2 saturated heterocycles. The lowest BCUT2D eigenvalue weighted by molar-refractivity contribution is -0.173. The maximum absolute atomic E-state index is 12.9. The van der Waals surface area contributed by atoms with Gasteiger partial charge in [-0.05, 0) is 19.8 Å². The second kappa shape index (κ2) is 3.90. The predicted octanol–water partition coefficient (Wildman–Crippen LogP) is 1.68. The first-order chi connectivity index (χ1) is 8.85. The third-order valence-corrected chi connectivity index (χ3v) is 6.67. The molecule has 2 heterocycles. The van der Waals surface area contributed by atoms with E-state index in [0.29, 0.717) is 6.42 Å². The smallest absolute Gasteiger partial charge is 0.313 e. The number of hydrogen-bond donors (Lipinski definition) is 0. The summed E-state index contributed by atoms with van der Waals surface area (Å²) in [4.78, 5) is 27.0. The molecule has 0 aromatic carbocycles. The van der Waals surface area contributed by atoms with Crippen molar-refractivity contribution in [1.29, 1.82) is 0 Å². The van der Waals surface area contributed by atoms with E-state index in [2.05, 4.69) is 0 Å². The van der Waals surface area contributed by atoms with Gasteiger partial charge >= 0.3 is 5.97 Å². The van der Waals surface area contributed by atoms with Crippen molar-refractivity contribution in [2.24, 2.45) is 10.8 Å². The molecule has 3 aliphatic rings. The highest BCUT2D eigenvalue weighted by Crippen LogP contribution is 2.65. The number of ether oxygens (including phenoxy) is 1. The molecule has 1 amide bonds. The van der Waals surface area contributed by atoms with Crippen LogP contribution in [-0.2, 0) is 14.3 Å². The SMILES string of the molecule is CC1(C)[C@]2(C)CC[C@]1(C(=O)N1CCSCC1)OC2=O. The Hall–Kier alpha value is -0.710. The zero-order chi connectivity index (χ0) is 13.9. The minimum Gasteiger partial charge on any atom is -0.448 e. The van der Waals surface area contributed by atoms with Gasteiger partial charge in [0.15, 0.2) is 5.60 Å². The number of carbonyl (C=O) groups is 2. The fourth-order valence-electron chi connectivity index (χ4n) is 3.74. The van der Waals surface area contributed by atoms with Crippen molar-refractivity contribution in [2.45, 2.75) is 39.2 Å². The van der Waals surface area contributed by atoms with E-state index in [9.17, 15) is 9.59 Å². The number of thioether (sulfide) groups is 1. The molecule has 0 aromatic rings. The lowest BCUT2D eigenvalue weighted by Gasteiger charge is -2.40. The normalized spacial score (nSPS) is 40.4. The van der Waals surface area contributed by atoms with Gasteiger partial charge in [0.25, 0.3) is 5.91 Å². The molecule has 0 radical (unpaired) electrons. The molecule has 2 atom stereocenters. The third-order valence-electron chi connectivity index (χ3n) is 5.73. The molecule has 1 saturated carbocycles. The Morgan fingerprint density at radius 2 is 1.84 bits per heavy atom. The van der Waals surface area contributed by atoms with Gasteiger partial charge in [0.2, 0.25) is 0 Å². The first kappa shape index (κ1) is 13.3. The van der Waals surface area contributed by atoms with Crippen molar-refractivity contribution in [1.82, 2.24) is 4.90 Å². The molecule has 0 spiro atoms. The summed E-state index contributed by atoms with van der Waals surface area (Å²) in [5.41, 5.74) is -1.84. The average molecular weight is 283 g/mol. The van der Waals surface area contributed by atoms with Gasteiger partial charge < -0.3 is 9.64 Å². The minimum absolute atomic E-state index is 0.0346. The van der Waals surface area contributed by atoms with Crippen molar-refractivity contribution >= 4 is 23.6 Å². The van der Waals surface area contributed by atoms with Gasteiger partial charge in [-0.3, -0.25) is 9.59 Å². The summed E-state index contributed by atoms with van der Waals surface area (Å²) in [5.74, 6) is 1.80. The lowest BCUT2D eigenvalue weighted by atomic mass is 9.66. The fraction of sp³-hybridized carbons (Fsp3) is 0.857. The Morgan fingerprint density at radius 3 is 2.32 bits per heavy atom. The molecule has 19 heavy (non-hydrogen) atoms. The summed E-state index contributed by atoms with van der Waals surface area (Å²) in [6.07, 6.45) is 1.43. The Labute approximate surface area is 118 Å². The molecule has 0 unspecified atom stereocenters. The second-order valence-corrected chi connectivity index (χ2v) is 7.80. The van der Waals surface area contributed by atoms with Crippen molar-refractivity contribution in [3.05, 3.63) is 0 Å². The summed E-state index contributed by atoms with van der Waals surface area (Å²) >= 11 is 1.87. The zero-order valence-corrected chi connectivity index (χ0v) is 12.6. The van der Waals surface area contributed by atoms with Crippen molar-refractivity contribution in [2.75, 3.05) is 24.6 Å². The van der Waals surface area contributed by atoms with E-state index in [-0.39, 0.29) is 11.9 Å². The van der Waals surface area contributed by atoms with E-state index < -0.39 is 16.4 Å². The van der Waals surface area contributed by atoms with Crippen LogP contribution in [0.15, 0.2) is 0 Å². The van der Waals surface area contributed by atoms with Crippen LogP contribution in [0, 0.1) is 10.8 Å². The number of fused-ring (bicyclic) bond motifs is 2. The van der Waals surface area contributed by atoms with Crippen LogP contribution in [0.2, 0.25) is 0 Å². The highest BCUT2D eigenvalue weighted by atomic mass is 32.2. The van der Waals surface area contributed by atoms with E-state index in [4.69, 9.17) is 4.74 Å². The Balaban J connectivity index is 1.95. The van der Waals surface area contributed by atoms with Crippen LogP contribution in [0.4, 0.5) is 0 Å². The quantitative estimate of drug-likeness (QED) is 0.687. The van der Waals surface area contributed by atoms with Gasteiger partial charge in [0.1, 0.15) is 0 Å². The molecular weight excluding hydrogens is 262 g/mol. The number of nitrogens with zero attached hydrogens (tertiary/aromatic N) is 1. The number of esters is 1. The van der Waals surface area contributed by atoms with Crippen LogP contribution in [0.5, 0.6) is 0 Å². The van der Waals surface area contributed by atoms with Gasteiger partial charge in [-0.1, -0.05) is 13.8 Å². The zero-order valence-electron chi connectivity index (χ0n) is 11.8. The molecular formula is C14H21NO3S. The molecule has 4 nitrogen and oxygen atoms in total. The first-order valence-electron chi connectivity index (χ1n) is 6.96. The van der Waals surface area contributed by atoms with Crippen LogP contribution >= 0.6 is 11.8 Å². The Kier molecular flexibility index (Phi) is 2.73. The third kappa shape index (κ3) is 1.42. The van der Waals surface area contributed by atoms with Crippen LogP contribution < -0.4 is 0 Å². The van der Waals surface area contributed by atoms with Gasteiger partial charge in [0.05, 0.1) is 5.41 Å². The molecule has 0 aromatic heterocycles. The van der Waals surface area contributed by atoms with Crippen molar-refractivity contribution in [3.63, 3.8) is 0 Å². The average Bonchev–Trinajstić information content (AvgIpc) is 2.69. The van der Waals surface area contributed by atoms with Crippen LogP contribution in [-0.4, -0.2) is 47.0 Å². The lowest BCUT2D eigenvalue weighted by Crippen LogP contribution is -2.56. The van der Waals surface area contributed by atoms with Crippen molar-refractivity contribution in [3.8, 4) is 0 Å². The van der Waals surface area contributed by atoms with E-state index in [0.717, 1.165) is 31.0 Å². The molecule has 3 fully saturated rings. The summed E-state index contributed by atoms with van der Waals surface area (Å²) in [6, 6.07) is 0. The van der Waals surface area contributed by atoms with E-state index >= 15 is 0 Å². The van der Waals surface area contributed by atoms with Gasteiger partial charge in [-0.25, -0.2) is 0 Å². The topological polar surface area (TPSA) is 46.6 Å². The molecule has 2 aliphatic heterocycles. The minimum atomic E-state index is -0.916. The van der Waals surface area contributed by atoms with Gasteiger partial charge in [0, 0.05) is 30.0 Å². The number of hydrogen-bond acceptors (Lipinski definition) is 4.